The summed E-state index contributed by atoms with van der Waals surface area (Å²) in [7, 11) is 0. The van der Waals surface area contributed by atoms with Crippen molar-refractivity contribution < 1.29 is 28.8 Å². The summed E-state index contributed by atoms with van der Waals surface area (Å²) in [5.41, 5.74) is 0.549. The third kappa shape index (κ3) is 7.25. The van der Waals surface area contributed by atoms with Crippen molar-refractivity contribution in [2.45, 2.75) is 40.4 Å². The van der Waals surface area contributed by atoms with Gasteiger partial charge in [-0.15, -0.1) is 4.89 Å². The summed E-state index contributed by atoms with van der Waals surface area (Å²) < 4.78 is 9.76. The van der Waals surface area contributed by atoms with E-state index in [9.17, 15) is 9.59 Å². The minimum atomic E-state index is -1.02. The van der Waals surface area contributed by atoms with E-state index in [0.29, 0.717) is 18.6 Å². The Morgan fingerprint density at radius 1 is 1.26 bits per heavy atom. The van der Waals surface area contributed by atoms with E-state index in [1.54, 1.807) is 13.8 Å². The molecule has 0 aromatic rings. The van der Waals surface area contributed by atoms with E-state index in [4.69, 9.17) is 9.47 Å². The van der Waals surface area contributed by atoms with Gasteiger partial charge in [0.1, 0.15) is 0 Å². The topological polar surface area (TPSA) is 71.1 Å². The minimum Gasteiger partial charge on any atom is -0.501 e. The Bertz CT molecular complexity index is 358. The first-order valence-electron chi connectivity index (χ1n) is 5.97. The van der Waals surface area contributed by atoms with Gasteiger partial charge in [-0.2, -0.15) is 0 Å². The predicted molar refractivity (Wildman–Crippen MR) is 67.5 cm³/mol. The lowest BCUT2D eigenvalue weighted by atomic mass is 10.2. The van der Waals surface area contributed by atoms with Gasteiger partial charge in [-0.25, -0.2) is 9.59 Å². The Morgan fingerprint density at radius 3 is 2.37 bits per heavy atom. The van der Waals surface area contributed by atoms with Crippen LogP contribution in [0.3, 0.4) is 0 Å². The van der Waals surface area contributed by atoms with Gasteiger partial charge in [-0.1, -0.05) is 13.5 Å². The van der Waals surface area contributed by atoms with Gasteiger partial charge in [0, 0.05) is 12.5 Å². The lowest BCUT2D eigenvalue weighted by Gasteiger charge is -2.12. The fourth-order valence-corrected chi connectivity index (χ4v) is 0.896. The van der Waals surface area contributed by atoms with Gasteiger partial charge in [0.05, 0.1) is 18.4 Å². The summed E-state index contributed by atoms with van der Waals surface area (Å²) >= 11 is 0. The lowest BCUT2D eigenvalue weighted by molar-refractivity contribution is -0.336. The molecular weight excluding hydrogens is 252 g/mol. The van der Waals surface area contributed by atoms with Crippen molar-refractivity contribution >= 4 is 11.9 Å². The maximum absolute atomic E-state index is 11.6. The molecule has 0 radical (unpaired) electrons. The molecule has 0 spiro atoms. The van der Waals surface area contributed by atoms with E-state index in [1.807, 2.05) is 0 Å². The second-order valence-electron chi connectivity index (χ2n) is 3.67. The first-order valence-corrected chi connectivity index (χ1v) is 5.97. The zero-order valence-electron chi connectivity index (χ0n) is 11.7. The molecule has 6 nitrogen and oxygen atoms in total. The quantitative estimate of drug-likeness (QED) is 0.168. The molecule has 0 heterocycles. The van der Waals surface area contributed by atoms with Gasteiger partial charge in [0.25, 0.3) is 0 Å². The molecule has 0 bridgehead atoms. The van der Waals surface area contributed by atoms with Crippen LogP contribution in [0.25, 0.3) is 0 Å². The maximum Gasteiger partial charge on any atom is 0.372 e. The molecule has 1 unspecified atom stereocenters. The van der Waals surface area contributed by atoms with Crippen LogP contribution in [-0.2, 0) is 28.8 Å². The van der Waals surface area contributed by atoms with Gasteiger partial charge in [0.15, 0.2) is 0 Å². The monoisotopic (exact) mass is 272 g/mol. The van der Waals surface area contributed by atoms with Crippen molar-refractivity contribution in [3.8, 4) is 0 Å². The van der Waals surface area contributed by atoms with Crippen molar-refractivity contribution in [2.24, 2.45) is 0 Å². The number of carbonyl (C=O) groups is 2. The standard InChI is InChI=1S/C13H20O6/c1-6-11(8-16-7-2)13(15)19-18-10(5)17-12(14)9(3)4/h8,10H,3,6-7H2,1-2,4-5H3. The van der Waals surface area contributed by atoms with Crippen LogP contribution in [0.1, 0.15) is 34.1 Å². The van der Waals surface area contributed by atoms with Crippen LogP contribution in [0.2, 0.25) is 0 Å². The lowest BCUT2D eigenvalue weighted by Crippen LogP contribution is -2.21. The first kappa shape index (κ1) is 17.2. The van der Waals surface area contributed by atoms with Gasteiger partial charge in [-0.3, -0.25) is 4.89 Å². The van der Waals surface area contributed by atoms with Crippen molar-refractivity contribution in [3.63, 3.8) is 0 Å². The van der Waals surface area contributed by atoms with E-state index >= 15 is 0 Å². The maximum atomic E-state index is 11.6. The zero-order valence-corrected chi connectivity index (χ0v) is 11.7. The number of carbonyl (C=O) groups excluding carboxylic acids is 2. The number of ether oxygens (including phenoxy) is 2. The minimum absolute atomic E-state index is 0.229. The van der Waals surface area contributed by atoms with Gasteiger partial charge < -0.3 is 9.47 Å². The number of rotatable bonds is 8. The number of esters is 1. The zero-order chi connectivity index (χ0) is 14.8. The molecule has 0 saturated carbocycles. The highest BCUT2D eigenvalue weighted by Crippen LogP contribution is 2.07. The normalized spacial score (nSPS) is 12.5. The van der Waals surface area contributed by atoms with Gasteiger partial charge >= 0.3 is 11.9 Å². The molecule has 0 rings (SSSR count). The van der Waals surface area contributed by atoms with Crippen LogP contribution in [-0.4, -0.2) is 24.8 Å². The van der Waals surface area contributed by atoms with Crippen molar-refractivity contribution in [3.05, 3.63) is 24.0 Å². The van der Waals surface area contributed by atoms with Crippen LogP contribution in [0.15, 0.2) is 24.0 Å². The van der Waals surface area contributed by atoms with Crippen LogP contribution in [0, 0.1) is 0 Å². The van der Waals surface area contributed by atoms with Crippen LogP contribution in [0.4, 0.5) is 0 Å². The molecule has 0 amide bonds. The second-order valence-corrected chi connectivity index (χ2v) is 3.67. The summed E-state index contributed by atoms with van der Waals surface area (Å²) in [6.45, 7) is 10.4. The second kappa shape index (κ2) is 9.16. The molecule has 1 atom stereocenters. The number of hydrogen-bond donors (Lipinski definition) is 0. The molecule has 0 fully saturated rings. The fraction of sp³-hybridized carbons (Fsp3) is 0.538. The Kier molecular flexibility index (Phi) is 8.28. The highest BCUT2D eigenvalue weighted by Gasteiger charge is 2.16. The molecule has 0 N–H and O–H groups in total. The Labute approximate surface area is 112 Å². The van der Waals surface area contributed by atoms with E-state index in [2.05, 4.69) is 16.4 Å². The van der Waals surface area contributed by atoms with Gasteiger partial charge in [-0.05, 0) is 20.3 Å². The summed E-state index contributed by atoms with van der Waals surface area (Å²) in [4.78, 5) is 31.9. The molecule has 0 aliphatic rings. The SMILES string of the molecule is C=C(C)C(=O)OC(C)OOC(=O)C(=COCC)CC. The highest BCUT2D eigenvalue weighted by atomic mass is 17.2. The Morgan fingerprint density at radius 2 is 1.89 bits per heavy atom. The smallest absolute Gasteiger partial charge is 0.372 e. The first-order chi connectivity index (χ1) is 8.92. The van der Waals surface area contributed by atoms with Gasteiger partial charge in [0.2, 0.25) is 6.29 Å². The summed E-state index contributed by atoms with van der Waals surface area (Å²) in [6, 6.07) is 0. The highest BCUT2D eigenvalue weighted by molar-refractivity contribution is 5.87. The molecule has 0 aliphatic heterocycles. The largest absolute Gasteiger partial charge is 0.501 e. The van der Waals surface area contributed by atoms with Crippen molar-refractivity contribution in [2.75, 3.05) is 6.61 Å². The molecule has 0 saturated heterocycles. The third-order valence-corrected chi connectivity index (χ3v) is 1.92. The van der Waals surface area contributed by atoms with E-state index in [1.165, 1.54) is 20.1 Å². The van der Waals surface area contributed by atoms with E-state index in [0.717, 1.165) is 0 Å². The summed E-state index contributed by atoms with van der Waals surface area (Å²) in [5.74, 6) is -1.31. The average Bonchev–Trinajstić information content (AvgIpc) is 2.37. The average molecular weight is 272 g/mol. The molecular formula is C13H20O6. The molecule has 0 aromatic carbocycles. The molecule has 19 heavy (non-hydrogen) atoms. The molecule has 108 valence electrons. The summed E-state index contributed by atoms with van der Waals surface area (Å²) in [6.07, 6.45) is 0.733. The Balaban J connectivity index is 4.20. The predicted octanol–water partition coefficient (Wildman–Crippen LogP) is 2.26. The summed E-state index contributed by atoms with van der Waals surface area (Å²) in [5, 5.41) is 0. The van der Waals surface area contributed by atoms with Crippen molar-refractivity contribution in [1.82, 2.24) is 0 Å². The van der Waals surface area contributed by atoms with E-state index in [-0.39, 0.29) is 5.57 Å². The van der Waals surface area contributed by atoms with E-state index < -0.39 is 18.2 Å². The molecule has 6 heteroatoms. The fourth-order valence-electron chi connectivity index (χ4n) is 0.896. The van der Waals surface area contributed by atoms with Crippen molar-refractivity contribution in [1.29, 1.82) is 0 Å². The van der Waals surface area contributed by atoms with Crippen LogP contribution < -0.4 is 0 Å². The third-order valence-electron chi connectivity index (χ3n) is 1.92. The van der Waals surface area contributed by atoms with Crippen LogP contribution >= 0.6 is 0 Å². The molecule has 0 aromatic heterocycles. The molecule has 0 aliphatic carbocycles. The number of hydrogen-bond acceptors (Lipinski definition) is 6. The Hall–Kier alpha value is -1.82. The van der Waals surface area contributed by atoms with Crippen LogP contribution in [0.5, 0.6) is 0 Å².